The molecule has 20 heavy (non-hydrogen) atoms. The summed E-state index contributed by atoms with van der Waals surface area (Å²) in [5.41, 5.74) is 0.161. The number of hydrogen-bond acceptors (Lipinski definition) is 4. The van der Waals surface area contributed by atoms with Crippen LogP contribution < -0.4 is 5.32 Å². The van der Waals surface area contributed by atoms with Crippen molar-refractivity contribution in [1.82, 2.24) is 10.2 Å². The van der Waals surface area contributed by atoms with Gasteiger partial charge < -0.3 is 5.32 Å². The van der Waals surface area contributed by atoms with Gasteiger partial charge in [0.2, 0.25) is 5.91 Å². The van der Waals surface area contributed by atoms with Crippen molar-refractivity contribution in [3.63, 3.8) is 0 Å². The number of H-pyrrole nitrogens is 1. The normalized spacial score (nSPS) is 13.3. The molecule has 1 heterocycles. The van der Waals surface area contributed by atoms with E-state index in [9.17, 15) is 17.6 Å². The molecule has 0 saturated carbocycles. The molecule has 2 rings (SSSR count). The van der Waals surface area contributed by atoms with E-state index in [1.165, 1.54) is 26.0 Å². The maximum atomic E-state index is 13.5. The third-order valence-corrected chi connectivity index (χ3v) is 5.20. The number of rotatable bonds is 4. The third kappa shape index (κ3) is 2.51. The first-order chi connectivity index (χ1) is 9.36. The Balaban J connectivity index is 2.29. The van der Waals surface area contributed by atoms with E-state index in [-0.39, 0.29) is 17.1 Å². The van der Waals surface area contributed by atoms with Crippen LogP contribution in [0.4, 0.5) is 10.2 Å². The number of para-hydroxylation sites is 1. The van der Waals surface area contributed by atoms with E-state index < -0.39 is 26.8 Å². The molecule has 8 heteroatoms. The van der Waals surface area contributed by atoms with Gasteiger partial charge in [-0.25, -0.2) is 12.8 Å². The molecule has 0 spiro atoms. The number of nitrogens with zero attached hydrogens (tertiary/aromatic N) is 1. The summed E-state index contributed by atoms with van der Waals surface area (Å²) in [7, 11) is -3.49. The lowest BCUT2D eigenvalue weighted by atomic mass is 10.2. The number of aromatic nitrogens is 2. The number of anilines is 1. The zero-order valence-corrected chi connectivity index (χ0v) is 11.8. The highest BCUT2D eigenvalue weighted by Gasteiger charge is 2.27. The average molecular weight is 299 g/mol. The molecule has 0 aliphatic heterocycles. The molecule has 1 amide bonds. The monoisotopic (exact) mass is 299 g/mol. The molecule has 6 nitrogen and oxygen atoms in total. The quantitative estimate of drug-likeness (QED) is 0.894. The van der Waals surface area contributed by atoms with Gasteiger partial charge in [-0.05, 0) is 19.1 Å². The third-order valence-electron chi connectivity index (χ3n) is 3.10. The number of sulfone groups is 1. The Kier molecular flexibility index (Phi) is 3.76. The van der Waals surface area contributed by atoms with Gasteiger partial charge >= 0.3 is 0 Å². The molecule has 0 aliphatic rings. The zero-order chi connectivity index (χ0) is 14.9. The average Bonchev–Trinajstić information content (AvgIpc) is 2.82. The van der Waals surface area contributed by atoms with E-state index in [1.54, 1.807) is 6.07 Å². The lowest BCUT2D eigenvalue weighted by Gasteiger charge is -2.10. The number of nitrogens with one attached hydrogen (secondary N) is 2. The summed E-state index contributed by atoms with van der Waals surface area (Å²) in [5.74, 6) is -1.20. The van der Waals surface area contributed by atoms with Crippen LogP contribution in [-0.4, -0.2) is 35.5 Å². The maximum absolute atomic E-state index is 13.5. The minimum absolute atomic E-state index is 0.114. The topological polar surface area (TPSA) is 91.9 Å². The van der Waals surface area contributed by atoms with Crippen molar-refractivity contribution in [2.24, 2.45) is 0 Å². The number of carbonyl (C=O) groups is 1. The molecule has 0 aliphatic carbocycles. The molecular formula is C12H14FN3O3S. The molecule has 1 aromatic heterocycles. The number of fused-ring (bicyclic) bond motifs is 1. The zero-order valence-electron chi connectivity index (χ0n) is 11.0. The van der Waals surface area contributed by atoms with Crippen LogP contribution in [0.5, 0.6) is 0 Å². The number of halogens is 1. The Morgan fingerprint density at radius 1 is 1.50 bits per heavy atom. The summed E-state index contributed by atoms with van der Waals surface area (Å²) < 4.78 is 36.7. The molecular weight excluding hydrogens is 285 g/mol. The van der Waals surface area contributed by atoms with Crippen molar-refractivity contribution in [3.05, 3.63) is 24.0 Å². The molecule has 1 aromatic carbocycles. The molecule has 1 atom stereocenters. The Morgan fingerprint density at radius 2 is 2.20 bits per heavy atom. The van der Waals surface area contributed by atoms with Crippen molar-refractivity contribution < 1.29 is 17.6 Å². The second-order valence-electron chi connectivity index (χ2n) is 4.32. The first-order valence-corrected chi connectivity index (χ1v) is 7.73. The van der Waals surface area contributed by atoms with Crippen LogP contribution in [-0.2, 0) is 14.6 Å². The van der Waals surface area contributed by atoms with Crippen LogP contribution in [0.2, 0.25) is 0 Å². The summed E-state index contributed by atoms with van der Waals surface area (Å²) in [6, 6.07) is 4.32. The highest BCUT2D eigenvalue weighted by molar-refractivity contribution is 7.92. The molecule has 2 aromatic rings. The van der Waals surface area contributed by atoms with Gasteiger partial charge in [0.15, 0.2) is 15.7 Å². The highest BCUT2D eigenvalue weighted by Crippen LogP contribution is 2.22. The van der Waals surface area contributed by atoms with E-state index in [0.717, 1.165) is 0 Å². The summed E-state index contributed by atoms with van der Waals surface area (Å²) in [6.45, 7) is 2.78. The highest BCUT2D eigenvalue weighted by atomic mass is 32.2. The molecule has 2 N–H and O–H groups in total. The van der Waals surface area contributed by atoms with Crippen LogP contribution >= 0.6 is 0 Å². The van der Waals surface area contributed by atoms with Crippen molar-refractivity contribution >= 4 is 32.5 Å². The van der Waals surface area contributed by atoms with Gasteiger partial charge in [-0.3, -0.25) is 9.89 Å². The lowest BCUT2D eigenvalue weighted by molar-refractivity contribution is -0.115. The molecule has 0 fully saturated rings. The van der Waals surface area contributed by atoms with Gasteiger partial charge in [-0.15, -0.1) is 0 Å². The second-order valence-corrected chi connectivity index (χ2v) is 6.93. The van der Waals surface area contributed by atoms with Crippen LogP contribution in [0.3, 0.4) is 0 Å². The van der Waals surface area contributed by atoms with Crippen molar-refractivity contribution in [2.45, 2.75) is 19.1 Å². The first kappa shape index (κ1) is 14.4. The maximum Gasteiger partial charge on any atom is 0.243 e. The van der Waals surface area contributed by atoms with Crippen LogP contribution in [0.1, 0.15) is 13.8 Å². The summed E-state index contributed by atoms with van der Waals surface area (Å²) in [6.07, 6.45) is 0. The minimum atomic E-state index is -3.49. The van der Waals surface area contributed by atoms with E-state index in [4.69, 9.17) is 0 Å². The predicted molar refractivity (Wildman–Crippen MR) is 73.6 cm³/mol. The predicted octanol–water partition coefficient (Wildman–Crippen LogP) is 1.46. The van der Waals surface area contributed by atoms with Crippen molar-refractivity contribution in [2.75, 3.05) is 11.1 Å². The Hall–Kier alpha value is -1.96. The summed E-state index contributed by atoms with van der Waals surface area (Å²) in [5, 5.41) is 7.87. The van der Waals surface area contributed by atoms with Crippen molar-refractivity contribution in [1.29, 1.82) is 0 Å². The Labute approximate surface area is 115 Å². The number of hydrogen-bond donors (Lipinski definition) is 2. The number of aromatic amines is 1. The van der Waals surface area contributed by atoms with Gasteiger partial charge in [0.1, 0.15) is 16.6 Å². The standard InChI is InChI=1S/C12H14FN3O3S/c1-3-20(18,19)7(2)12(17)14-11-8-5-4-6-9(13)10(8)15-16-11/h4-7H,3H2,1-2H3,(H2,14,15,16,17). The van der Waals surface area contributed by atoms with Gasteiger partial charge in [0.05, 0.1) is 0 Å². The number of benzene rings is 1. The van der Waals surface area contributed by atoms with Crippen LogP contribution in [0, 0.1) is 5.82 Å². The molecule has 0 saturated heterocycles. The first-order valence-electron chi connectivity index (χ1n) is 6.02. The fourth-order valence-electron chi connectivity index (χ4n) is 1.73. The van der Waals surface area contributed by atoms with Crippen LogP contribution in [0.25, 0.3) is 10.9 Å². The fraction of sp³-hybridized carbons (Fsp3) is 0.333. The Morgan fingerprint density at radius 3 is 2.85 bits per heavy atom. The molecule has 0 bridgehead atoms. The van der Waals surface area contributed by atoms with Crippen LogP contribution in [0.15, 0.2) is 18.2 Å². The lowest BCUT2D eigenvalue weighted by Crippen LogP contribution is -2.33. The second kappa shape index (κ2) is 5.20. The SMILES string of the molecule is CCS(=O)(=O)C(C)C(=O)Nc1n[nH]c2c(F)cccc12. The molecule has 0 radical (unpaired) electrons. The van der Waals surface area contributed by atoms with Gasteiger partial charge in [-0.1, -0.05) is 13.0 Å². The van der Waals surface area contributed by atoms with Gasteiger partial charge in [0.25, 0.3) is 0 Å². The number of amides is 1. The summed E-state index contributed by atoms with van der Waals surface area (Å²) >= 11 is 0. The van der Waals surface area contributed by atoms with E-state index in [2.05, 4.69) is 15.5 Å². The minimum Gasteiger partial charge on any atom is -0.308 e. The number of carbonyl (C=O) groups excluding carboxylic acids is 1. The molecule has 1 unspecified atom stereocenters. The largest absolute Gasteiger partial charge is 0.308 e. The van der Waals surface area contributed by atoms with E-state index in [0.29, 0.717) is 5.39 Å². The Bertz CT molecular complexity index is 754. The van der Waals surface area contributed by atoms with E-state index >= 15 is 0 Å². The smallest absolute Gasteiger partial charge is 0.243 e. The fourth-order valence-corrected chi connectivity index (χ4v) is 2.62. The molecule has 108 valence electrons. The summed E-state index contributed by atoms with van der Waals surface area (Å²) in [4.78, 5) is 11.9. The van der Waals surface area contributed by atoms with E-state index in [1.807, 2.05) is 0 Å². The van der Waals surface area contributed by atoms with Crippen molar-refractivity contribution in [3.8, 4) is 0 Å². The van der Waals surface area contributed by atoms with Gasteiger partial charge in [-0.2, -0.15) is 5.10 Å². The van der Waals surface area contributed by atoms with Gasteiger partial charge in [0, 0.05) is 11.1 Å².